The van der Waals surface area contributed by atoms with Crippen molar-refractivity contribution in [3.8, 4) is 0 Å². The number of hydrogen-bond donors (Lipinski definition) is 1. The minimum absolute atomic E-state index is 0.00391. The molecule has 0 aliphatic heterocycles. The van der Waals surface area contributed by atoms with Crippen molar-refractivity contribution < 1.29 is 9.59 Å². The second kappa shape index (κ2) is 9.74. The van der Waals surface area contributed by atoms with Crippen molar-refractivity contribution in [2.75, 3.05) is 7.05 Å². The van der Waals surface area contributed by atoms with Crippen molar-refractivity contribution in [1.82, 2.24) is 10.2 Å². The van der Waals surface area contributed by atoms with Crippen LogP contribution in [-0.2, 0) is 22.7 Å². The molecule has 2 aromatic carbocycles. The summed E-state index contributed by atoms with van der Waals surface area (Å²) in [4.78, 5) is 27.0. The van der Waals surface area contributed by atoms with Crippen LogP contribution in [0, 0.1) is 11.8 Å². The number of amides is 2. The number of hydrogen-bond acceptors (Lipinski definition) is 2. The summed E-state index contributed by atoms with van der Waals surface area (Å²) in [6.45, 7) is 1.13. The van der Waals surface area contributed by atoms with Gasteiger partial charge in [0.1, 0.15) is 0 Å². The maximum Gasteiger partial charge on any atom is 0.225 e. The summed E-state index contributed by atoms with van der Waals surface area (Å²) in [7, 11) is 1.86. The number of rotatable bonds is 6. The Bertz CT molecular complexity index is 784. The van der Waals surface area contributed by atoms with Crippen molar-refractivity contribution in [2.24, 2.45) is 11.8 Å². The Labute approximate surface area is 171 Å². The number of benzene rings is 2. The van der Waals surface area contributed by atoms with Gasteiger partial charge in [0.2, 0.25) is 11.8 Å². The average Bonchev–Trinajstić information content (AvgIpc) is 2.73. The molecule has 1 saturated carbocycles. The van der Waals surface area contributed by atoms with Crippen LogP contribution < -0.4 is 5.32 Å². The lowest BCUT2D eigenvalue weighted by molar-refractivity contribution is -0.137. The van der Waals surface area contributed by atoms with Crippen LogP contribution >= 0.6 is 11.6 Å². The fourth-order valence-corrected chi connectivity index (χ4v) is 3.91. The first-order valence-electron chi connectivity index (χ1n) is 9.84. The van der Waals surface area contributed by atoms with Crippen molar-refractivity contribution in [1.29, 1.82) is 0 Å². The van der Waals surface area contributed by atoms with Gasteiger partial charge in [-0.3, -0.25) is 9.59 Å². The maximum absolute atomic E-state index is 12.7. The summed E-state index contributed by atoms with van der Waals surface area (Å²) in [6, 6.07) is 17.5. The summed E-state index contributed by atoms with van der Waals surface area (Å²) in [5.41, 5.74) is 2.16. The van der Waals surface area contributed by atoms with Crippen molar-refractivity contribution in [3.63, 3.8) is 0 Å². The highest BCUT2D eigenvalue weighted by atomic mass is 35.5. The number of nitrogens with zero attached hydrogens (tertiary/aromatic N) is 1. The fourth-order valence-electron chi connectivity index (χ4n) is 3.79. The average molecular weight is 399 g/mol. The van der Waals surface area contributed by atoms with Crippen LogP contribution in [0.5, 0.6) is 0 Å². The molecule has 1 aliphatic rings. The molecule has 0 spiro atoms. The van der Waals surface area contributed by atoms with E-state index >= 15 is 0 Å². The molecule has 2 aromatic rings. The third-order valence-corrected chi connectivity index (χ3v) is 5.72. The fraction of sp³-hybridized carbons (Fsp3) is 0.391. The molecular formula is C23H27ClN2O2. The maximum atomic E-state index is 12.7. The van der Waals surface area contributed by atoms with E-state index in [4.69, 9.17) is 11.6 Å². The number of carbonyl (C=O) groups is 2. The van der Waals surface area contributed by atoms with E-state index in [2.05, 4.69) is 5.32 Å². The van der Waals surface area contributed by atoms with Gasteiger partial charge in [-0.05, 0) is 48.9 Å². The highest BCUT2D eigenvalue weighted by Gasteiger charge is 2.31. The molecule has 148 valence electrons. The molecule has 5 heteroatoms. The molecule has 0 saturated heterocycles. The van der Waals surface area contributed by atoms with E-state index in [1.54, 1.807) is 4.90 Å². The van der Waals surface area contributed by atoms with Gasteiger partial charge in [0, 0.05) is 37.0 Å². The predicted octanol–water partition coefficient (Wildman–Crippen LogP) is 4.42. The monoisotopic (exact) mass is 398 g/mol. The van der Waals surface area contributed by atoms with E-state index in [-0.39, 0.29) is 23.7 Å². The zero-order valence-corrected chi connectivity index (χ0v) is 17.0. The molecule has 4 nitrogen and oxygen atoms in total. The zero-order chi connectivity index (χ0) is 19.9. The van der Waals surface area contributed by atoms with E-state index in [1.807, 2.05) is 61.6 Å². The first-order valence-corrected chi connectivity index (χ1v) is 10.2. The van der Waals surface area contributed by atoms with Gasteiger partial charge < -0.3 is 10.2 Å². The lowest BCUT2D eigenvalue weighted by Gasteiger charge is -2.30. The lowest BCUT2D eigenvalue weighted by Crippen LogP contribution is -2.38. The van der Waals surface area contributed by atoms with E-state index in [0.717, 1.165) is 36.8 Å². The van der Waals surface area contributed by atoms with E-state index in [9.17, 15) is 9.59 Å². The van der Waals surface area contributed by atoms with E-state index in [1.165, 1.54) is 0 Å². The van der Waals surface area contributed by atoms with E-state index in [0.29, 0.717) is 18.1 Å². The molecular weight excluding hydrogens is 372 g/mol. The lowest BCUT2D eigenvalue weighted by atomic mass is 9.81. The second-order valence-electron chi connectivity index (χ2n) is 7.57. The molecule has 1 fully saturated rings. The quantitative estimate of drug-likeness (QED) is 0.782. The van der Waals surface area contributed by atoms with Gasteiger partial charge in [0.05, 0.1) is 0 Å². The zero-order valence-electron chi connectivity index (χ0n) is 16.2. The smallest absolute Gasteiger partial charge is 0.225 e. The summed E-state index contributed by atoms with van der Waals surface area (Å²) >= 11 is 5.88. The molecule has 0 radical (unpaired) electrons. The number of carbonyl (C=O) groups excluding carboxylic acids is 2. The number of nitrogens with one attached hydrogen (secondary N) is 1. The Balaban J connectivity index is 1.43. The molecule has 0 unspecified atom stereocenters. The van der Waals surface area contributed by atoms with Gasteiger partial charge in [-0.25, -0.2) is 0 Å². The summed E-state index contributed by atoms with van der Waals surface area (Å²) in [5.74, 6) is 0.284. The Morgan fingerprint density at radius 2 is 1.54 bits per heavy atom. The topological polar surface area (TPSA) is 49.4 Å². The molecule has 2 amide bonds. The Hall–Kier alpha value is -2.33. The highest BCUT2D eigenvalue weighted by Crippen LogP contribution is 2.30. The molecule has 0 bridgehead atoms. The predicted molar refractivity (Wildman–Crippen MR) is 112 cm³/mol. The van der Waals surface area contributed by atoms with Crippen molar-refractivity contribution >= 4 is 23.4 Å². The Morgan fingerprint density at radius 3 is 2.18 bits per heavy atom. The Morgan fingerprint density at radius 1 is 0.929 bits per heavy atom. The number of halogens is 1. The van der Waals surface area contributed by atoms with Gasteiger partial charge in [-0.1, -0.05) is 54.1 Å². The molecule has 1 aliphatic carbocycles. The van der Waals surface area contributed by atoms with Gasteiger partial charge >= 0.3 is 0 Å². The van der Waals surface area contributed by atoms with Gasteiger partial charge in [-0.15, -0.1) is 0 Å². The van der Waals surface area contributed by atoms with Gasteiger partial charge in [0.25, 0.3) is 0 Å². The van der Waals surface area contributed by atoms with Crippen LogP contribution in [-0.4, -0.2) is 23.8 Å². The third-order valence-electron chi connectivity index (χ3n) is 5.47. The SMILES string of the molecule is CN(Cc1ccccc1)C(=O)C1CCC(C(=O)NCc2ccc(Cl)cc2)CC1. The second-order valence-corrected chi connectivity index (χ2v) is 8.01. The molecule has 3 rings (SSSR count). The molecule has 0 atom stereocenters. The summed E-state index contributed by atoms with van der Waals surface area (Å²) < 4.78 is 0. The van der Waals surface area contributed by atoms with Gasteiger partial charge in [-0.2, -0.15) is 0 Å². The van der Waals surface area contributed by atoms with Crippen LogP contribution in [0.2, 0.25) is 5.02 Å². The van der Waals surface area contributed by atoms with Crippen molar-refractivity contribution in [2.45, 2.75) is 38.8 Å². The third kappa shape index (κ3) is 5.59. The summed E-state index contributed by atoms with van der Waals surface area (Å²) in [5, 5.41) is 3.70. The minimum atomic E-state index is -0.00391. The Kier molecular flexibility index (Phi) is 7.10. The largest absolute Gasteiger partial charge is 0.352 e. The van der Waals surface area contributed by atoms with E-state index < -0.39 is 0 Å². The molecule has 0 heterocycles. The normalized spacial score (nSPS) is 19.1. The van der Waals surface area contributed by atoms with Crippen LogP contribution in [0.3, 0.4) is 0 Å². The van der Waals surface area contributed by atoms with Crippen molar-refractivity contribution in [3.05, 3.63) is 70.7 Å². The summed E-state index contributed by atoms with van der Waals surface area (Å²) in [6.07, 6.45) is 3.08. The van der Waals surface area contributed by atoms with Crippen LogP contribution in [0.25, 0.3) is 0 Å². The first-order chi connectivity index (χ1) is 13.5. The van der Waals surface area contributed by atoms with Crippen LogP contribution in [0.15, 0.2) is 54.6 Å². The van der Waals surface area contributed by atoms with Crippen LogP contribution in [0.4, 0.5) is 0 Å². The minimum Gasteiger partial charge on any atom is -0.352 e. The first kappa shape index (κ1) is 20.4. The molecule has 0 aromatic heterocycles. The van der Waals surface area contributed by atoms with Crippen LogP contribution in [0.1, 0.15) is 36.8 Å². The molecule has 1 N–H and O–H groups in total. The van der Waals surface area contributed by atoms with Gasteiger partial charge in [0.15, 0.2) is 0 Å². The molecule has 28 heavy (non-hydrogen) atoms. The highest BCUT2D eigenvalue weighted by molar-refractivity contribution is 6.30. The standard InChI is InChI=1S/C23H27ClN2O2/c1-26(16-18-5-3-2-4-6-18)23(28)20-11-9-19(10-12-20)22(27)25-15-17-7-13-21(24)14-8-17/h2-8,13-14,19-20H,9-12,15-16H2,1H3,(H,25,27).